The number of aromatic hydroxyl groups is 1. The van der Waals surface area contributed by atoms with Crippen LogP contribution in [0.5, 0.6) is 17.4 Å². The maximum absolute atomic E-state index is 13.3. The minimum absolute atomic E-state index is 0.0400. The van der Waals surface area contributed by atoms with Crippen molar-refractivity contribution in [1.29, 1.82) is 0 Å². The van der Waals surface area contributed by atoms with Gasteiger partial charge >= 0.3 is 5.97 Å². The fourth-order valence-electron chi connectivity index (χ4n) is 7.91. The van der Waals surface area contributed by atoms with Crippen molar-refractivity contribution in [1.82, 2.24) is 9.13 Å². The predicted octanol–water partition coefficient (Wildman–Crippen LogP) is 7.87. The Bertz CT molecular complexity index is 2390. The van der Waals surface area contributed by atoms with Crippen molar-refractivity contribution in [2.75, 3.05) is 41.2 Å². The molecule has 0 fully saturated rings. The minimum atomic E-state index is -0.431. The molecule has 0 aliphatic heterocycles. The van der Waals surface area contributed by atoms with Crippen LogP contribution < -0.4 is 9.47 Å². The zero-order valence-electron chi connectivity index (χ0n) is 29.4. The molecule has 8 rings (SSSR count). The molecule has 5 aromatic carbocycles. The van der Waals surface area contributed by atoms with Gasteiger partial charge in [-0.05, 0) is 76.7 Å². The number of aromatic nitrogens is 2. The van der Waals surface area contributed by atoms with E-state index in [1.807, 2.05) is 77.5 Å². The van der Waals surface area contributed by atoms with E-state index in [9.17, 15) is 15.0 Å². The number of carbonyl (C=O) groups is 1. The van der Waals surface area contributed by atoms with Gasteiger partial charge in [0.05, 0.1) is 43.3 Å². The van der Waals surface area contributed by atoms with Gasteiger partial charge in [0.25, 0.3) is 0 Å². The highest BCUT2D eigenvalue weighted by Crippen LogP contribution is 2.52. The molecule has 0 radical (unpaired) electrons. The number of nitrogens with zero attached hydrogens (tertiary/aromatic N) is 2. The summed E-state index contributed by atoms with van der Waals surface area (Å²) in [7, 11) is 4.86. The second-order valence-electron chi connectivity index (χ2n) is 13.1. The number of methoxy groups -OCH3 is 3. The summed E-state index contributed by atoms with van der Waals surface area (Å²) < 4.78 is 25.8. The Kier molecular flexibility index (Phi) is 8.82. The van der Waals surface area contributed by atoms with Gasteiger partial charge in [0.1, 0.15) is 18.1 Å². The van der Waals surface area contributed by atoms with Gasteiger partial charge in [-0.1, -0.05) is 48.5 Å². The molecular formula is C43H40N2O7. The third-order valence-electron chi connectivity index (χ3n) is 10.3. The first-order valence-corrected chi connectivity index (χ1v) is 17.4. The summed E-state index contributed by atoms with van der Waals surface area (Å²) >= 11 is 0. The molecule has 52 heavy (non-hydrogen) atoms. The van der Waals surface area contributed by atoms with E-state index < -0.39 is 12.0 Å². The van der Waals surface area contributed by atoms with Crippen molar-refractivity contribution in [2.45, 2.75) is 25.4 Å². The van der Waals surface area contributed by atoms with Crippen LogP contribution in [-0.2, 0) is 22.4 Å². The summed E-state index contributed by atoms with van der Waals surface area (Å²) in [5, 5.41) is 26.0. The van der Waals surface area contributed by atoms with Gasteiger partial charge in [0, 0.05) is 60.1 Å². The van der Waals surface area contributed by atoms with Crippen LogP contribution in [0.1, 0.15) is 45.1 Å². The summed E-state index contributed by atoms with van der Waals surface area (Å²) in [5.74, 6) is 1.19. The molecule has 1 aliphatic rings. The number of benzene rings is 5. The lowest BCUT2D eigenvalue weighted by atomic mass is 9.96. The number of aliphatic hydroxyl groups is 1. The van der Waals surface area contributed by atoms with Gasteiger partial charge in [0.2, 0.25) is 5.88 Å². The maximum Gasteiger partial charge on any atom is 0.338 e. The Morgan fingerprint density at radius 1 is 0.827 bits per heavy atom. The molecule has 0 amide bonds. The number of aliphatic hydroxyl groups excluding tert-OH is 1. The number of ether oxygens (including phenoxy) is 4. The van der Waals surface area contributed by atoms with E-state index in [4.69, 9.17) is 18.9 Å². The quantitative estimate of drug-likeness (QED) is 0.0990. The SMILES string of the molecule is COCCOC(=O)c1ccc2c(c1)c1c3cn(C(c4ccc(OC)cc4)c4ccc(OC)cc4)c(O)c3c3c(c1n2CCCO)Cc1ccccc1-3. The number of carbonyl (C=O) groups excluding carboxylic acids is 1. The highest BCUT2D eigenvalue weighted by atomic mass is 16.6. The third-order valence-corrected chi connectivity index (χ3v) is 10.3. The second-order valence-corrected chi connectivity index (χ2v) is 13.1. The van der Waals surface area contributed by atoms with Crippen LogP contribution in [0.3, 0.4) is 0 Å². The van der Waals surface area contributed by atoms with Gasteiger partial charge < -0.3 is 38.3 Å². The summed E-state index contributed by atoms with van der Waals surface area (Å²) in [4.78, 5) is 13.3. The molecule has 0 spiro atoms. The predicted molar refractivity (Wildman–Crippen MR) is 202 cm³/mol. The van der Waals surface area contributed by atoms with Crippen molar-refractivity contribution in [3.8, 4) is 28.5 Å². The van der Waals surface area contributed by atoms with Crippen molar-refractivity contribution >= 4 is 38.5 Å². The van der Waals surface area contributed by atoms with Crippen molar-refractivity contribution in [3.05, 3.63) is 125 Å². The molecule has 1 aliphatic carbocycles. The van der Waals surface area contributed by atoms with Crippen molar-refractivity contribution in [2.24, 2.45) is 0 Å². The number of esters is 1. The first-order valence-electron chi connectivity index (χ1n) is 17.4. The van der Waals surface area contributed by atoms with Crippen molar-refractivity contribution in [3.63, 3.8) is 0 Å². The van der Waals surface area contributed by atoms with Gasteiger partial charge in [-0.25, -0.2) is 4.79 Å². The number of aryl methyl sites for hydroxylation is 1. The Morgan fingerprint density at radius 3 is 2.17 bits per heavy atom. The number of hydrogen-bond acceptors (Lipinski definition) is 7. The Labute approximate surface area is 301 Å². The molecule has 0 saturated carbocycles. The monoisotopic (exact) mass is 696 g/mol. The van der Waals surface area contributed by atoms with E-state index in [0.717, 1.165) is 71.9 Å². The summed E-state index contributed by atoms with van der Waals surface area (Å²) in [6, 6.07) is 29.4. The van der Waals surface area contributed by atoms with E-state index in [1.165, 1.54) is 5.56 Å². The Morgan fingerprint density at radius 2 is 1.52 bits per heavy atom. The van der Waals surface area contributed by atoms with E-state index in [0.29, 0.717) is 31.6 Å². The Hall–Kier alpha value is -5.77. The van der Waals surface area contributed by atoms with Crippen molar-refractivity contribution < 1.29 is 34.0 Å². The smallest absolute Gasteiger partial charge is 0.338 e. The minimum Gasteiger partial charge on any atom is -0.497 e. The molecule has 0 unspecified atom stereocenters. The lowest BCUT2D eigenvalue weighted by molar-refractivity contribution is 0.0388. The molecule has 7 aromatic rings. The van der Waals surface area contributed by atoms with Gasteiger partial charge in [-0.3, -0.25) is 0 Å². The summed E-state index contributed by atoms with van der Waals surface area (Å²) in [6.07, 6.45) is 3.29. The van der Waals surface area contributed by atoms with Crippen LogP contribution in [0.2, 0.25) is 0 Å². The average Bonchev–Trinajstić information content (AvgIpc) is 3.83. The number of rotatable bonds is 12. The van der Waals surface area contributed by atoms with Gasteiger partial charge in [0.15, 0.2) is 0 Å². The third kappa shape index (κ3) is 5.44. The summed E-state index contributed by atoms with van der Waals surface area (Å²) in [5.41, 5.74) is 8.71. The van der Waals surface area contributed by atoms with Crippen LogP contribution >= 0.6 is 0 Å². The first kappa shape index (κ1) is 33.4. The molecule has 0 bridgehead atoms. The fraction of sp³-hybridized carbons (Fsp3) is 0.233. The molecule has 2 N–H and O–H groups in total. The van der Waals surface area contributed by atoms with E-state index >= 15 is 0 Å². The first-order chi connectivity index (χ1) is 25.5. The van der Waals surface area contributed by atoms with E-state index in [-0.39, 0.29) is 19.1 Å². The Balaban J connectivity index is 1.46. The van der Waals surface area contributed by atoms with E-state index in [1.54, 1.807) is 27.4 Å². The average molecular weight is 697 g/mol. The van der Waals surface area contributed by atoms with Crippen LogP contribution in [0.4, 0.5) is 0 Å². The maximum atomic E-state index is 13.3. The zero-order chi connectivity index (χ0) is 35.9. The van der Waals surface area contributed by atoms with Gasteiger partial charge in [-0.15, -0.1) is 0 Å². The largest absolute Gasteiger partial charge is 0.497 e. The summed E-state index contributed by atoms with van der Waals surface area (Å²) in [6.45, 7) is 1.07. The molecule has 2 aromatic heterocycles. The zero-order valence-corrected chi connectivity index (χ0v) is 29.4. The molecule has 9 nitrogen and oxygen atoms in total. The standard InChI is InChI=1S/C43H40N2O7/c1-49-21-22-52-43(48)29-13-18-36-33(24-29)38-35-25-45(40(26-9-14-30(50-2)15-10-26)27-11-16-31(51-3)17-12-27)42(47)39(35)37-32-8-5-4-7-28(32)23-34(37)41(38)44(36)19-6-20-46/h4-5,7-18,24-25,40,46-47H,6,19-23H2,1-3H3. The lowest BCUT2D eigenvalue weighted by Crippen LogP contribution is -2.11. The molecule has 2 heterocycles. The lowest BCUT2D eigenvalue weighted by Gasteiger charge is -2.22. The highest BCUT2D eigenvalue weighted by molar-refractivity contribution is 6.27. The van der Waals surface area contributed by atoms with Crippen LogP contribution in [0, 0.1) is 0 Å². The highest BCUT2D eigenvalue weighted by Gasteiger charge is 2.32. The normalized spacial score (nSPS) is 12.2. The molecule has 0 saturated heterocycles. The van der Waals surface area contributed by atoms with Crippen LogP contribution in [-0.4, -0.2) is 66.5 Å². The molecular weight excluding hydrogens is 656 g/mol. The van der Waals surface area contributed by atoms with Gasteiger partial charge in [-0.2, -0.15) is 0 Å². The van der Waals surface area contributed by atoms with E-state index in [2.05, 4.69) is 22.8 Å². The van der Waals surface area contributed by atoms with Crippen LogP contribution in [0.15, 0.2) is 97.2 Å². The molecule has 9 heteroatoms. The molecule has 264 valence electrons. The number of fused-ring (bicyclic) bond motifs is 10. The second kappa shape index (κ2) is 13.7. The fourth-order valence-corrected chi connectivity index (χ4v) is 7.91. The van der Waals surface area contributed by atoms with Crippen LogP contribution in [0.25, 0.3) is 43.7 Å². The molecule has 0 atom stereocenters. The number of hydrogen-bond donors (Lipinski definition) is 2. The topological polar surface area (TPSA) is 104 Å².